The van der Waals surface area contributed by atoms with Gasteiger partial charge in [0.25, 0.3) is 0 Å². The van der Waals surface area contributed by atoms with Crippen molar-refractivity contribution in [1.82, 2.24) is 14.9 Å². The van der Waals surface area contributed by atoms with E-state index in [4.69, 9.17) is 28.8 Å². The molecule has 0 amide bonds. The number of aromatic nitrogens is 2. The lowest BCUT2D eigenvalue weighted by molar-refractivity contribution is 0.357. The molecule has 42 heavy (non-hydrogen) atoms. The van der Waals surface area contributed by atoms with Crippen LogP contribution in [0.5, 0.6) is 0 Å². The number of nitrogens with one attached hydrogen (secondary N) is 1. The summed E-state index contributed by atoms with van der Waals surface area (Å²) in [5.74, 6) is 1.30. The third kappa shape index (κ3) is 5.09. The molecule has 0 radical (unpaired) electrons. The number of pyridine rings is 1. The van der Waals surface area contributed by atoms with Crippen molar-refractivity contribution in [2.24, 2.45) is 11.8 Å². The molecule has 0 aliphatic carbocycles. The lowest BCUT2D eigenvalue weighted by atomic mass is 9.91. The molecular weight excluding hydrogens is 558 g/mol. The Hall–Kier alpha value is -3.35. The number of nitrogens with zero attached hydrogens (tertiary/aromatic N) is 4. The Balaban J connectivity index is 1.46. The molecule has 2 saturated heterocycles. The molecule has 5 nitrogen and oxygen atoms in total. The highest BCUT2D eigenvalue weighted by molar-refractivity contribution is 7.80. The van der Waals surface area contributed by atoms with Crippen LogP contribution in [0, 0.1) is 39.5 Å². The maximum absolute atomic E-state index is 7.06. The third-order valence-electron chi connectivity index (χ3n) is 8.97. The summed E-state index contributed by atoms with van der Waals surface area (Å²) in [6, 6.07) is 21.1. The topological polar surface area (TPSA) is 36.3 Å². The minimum Gasteiger partial charge on any atom is -0.370 e. The highest BCUT2D eigenvalue weighted by Crippen LogP contribution is 2.45. The van der Waals surface area contributed by atoms with Gasteiger partial charge in [-0.15, -0.1) is 0 Å². The fraction of sp³-hybridized carbons (Fsp3) is 0.371. The minimum absolute atomic E-state index is 0.103. The van der Waals surface area contributed by atoms with Crippen molar-refractivity contribution in [2.75, 3.05) is 22.9 Å². The summed E-state index contributed by atoms with van der Waals surface area (Å²) in [5.41, 5.74) is 10.4. The fourth-order valence-corrected chi connectivity index (χ4v) is 7.94. The van der Waals surface area contributed by atoms with E-state index in [1.54, 1.807) is 0 Å². The van der Waals surface area contributed by atoms with Gasteiger partial charge < -0.3 is 19.7 Å². The van der Waals surface area contributed by atoms with E-state index < -0.39 is 0 Å². The SMILES string of the molecule is Cc1cccc(C)c1-n1c(C)cc([C@H]2[C@@H](c3ccccn3)NC(=S)N2c2ccc(N3C[C@H](C)C[C@H](C)C3)c(Cl)c2)c1C. The van der Waals surface area contributed by atoms with E-state index in [2.05, 4.69) is 110 Å². The van der Waals surface area contributed by atoms with Gasteiger partial charge in [0.05, 0.1) is 34.2 Å². The summed E-state index contributed by atoms with van der Waals surface area (Å²) in [5, 5.41) is 5.07. The summed E-state index contributed by atoms with van der Waals surface area (Å²) in [6.07, 6.45) is 3.11. The van der Waals surface area contributed by atoms with E-state index in [1.807, 2.05) is 18.3 Å². The maximum Gasteiger partial charge on any atom is 0.174 e. The number of benzene rings is 2. The molecule has 0 saturated carbocycles. The van der Waals surface area contributed by atoms with Gasteiger partial charge in [-0.3, -0.25) is 4.98 Å². The Morgan fingerprint density at radius 1 is 0.905 bits per heavy atom. The second kappa shape index (κ2) is 11.4. The number of rotatable bonds is 5. The molecule has 2 aliphatic heterocycles. The third-order valence-corrected chi connectivity index (χ3v) is 9.59. The Morgan fingerprint density at radius 3 is 2.26 bits per heavy atom. The first-order valence-corrected chi connectivity index (χ1v) is 15.7. The van der Waals surface area contributed by atoms with Gasteiger partial charge in [-0.05, 0) is 111 Å². The van der Waals surface area contributed by atoms with Crippen molar-refractivity contribution < 1.29 is 0 Å². The number of hydrogen-bond acceptors (Lipinski definition) is 3. The van der Waals surface area contributed by atoms with Gasteiger partial charge in [0.15, 0.2) is 5.11 Å². The molecule has 0 unspecified atom stereocenters. The molecule has 6 rings (SSSR count). The Bertz CT molecular complexity index is 1600. The number of para-hydroxylation sites is 1. The molecular formula is C35H40ClN5S. The maximum atomic E-state index is 7.06. The monoisotopic (exact) mass is 597 g/mol. The molecule has 4 heterocycles. The lowest BCUT2D eigenvalue weighted by Gasteiger charge is -2.37. The molecule has 4 aromatic rings. The molecule has 2 fully saturated rings. The average molecular weight is 598 g/mol. The van der Waals surface area contributed by atoms with Gasteiger partial charge in [0, 0.05) is 36.4 Å². The second-order valence-electron chi connectivity index (χ2n) is 12.4. The second-order valence-corrected chi connectivity index (χ2v) is 13.2. The smallest absolute Gasteiger partial charge is 0.174 e. The van der Waals surface area contributed by atoms with E-state index in [-0.39, 0.29) is 12.1 Å². The predicted molar refractivity (Wildman–Crippen MR) is 179 cm³/mol. The zero-order chi connectivity index (χ0) is 29.7. The summed E-state index contributed by atoms with van der Waals surface area (Å²) >= 11 is 13.1. The van der Waals surface area contributed by atoms with E-state index in [0.717, 1.165) is 35.2 Å². The van der Waals surface area contributed by atoms with E-state index >= 15 is 0 Å². The fourth-order valence-electron chi connectivity index (χ4n) is 7.30. The summed E-state index contributed by atoms with van der Waals surface area (Å²) in [7, 11) is 0. The molecule has 2 aromatic carbocycles. The van der Waals surface area contributed by atoms with Crippen molar-refractivity contribution in [2.45, 2.75) is 60.0 Å². The standard InChI is InChI=1S/C35H40ClN5S/c1-21-16-22(2)20-39(19-21)31-14-13-27(18-29(31)36)41-34(32(38-35(41)42)30-12-7-8-15-37-30)28-17-25(5)40(26(28)6)33-23(3)10-9-11-24(33)4/h7-15,17-18,21-22,32,34H,16,19-20H2,1-6H3,(H,38,42)/t21-,22+,32-,34+/m1/s1. The van der Waals surface area contributed by atoms with Crippen molar-refractivity contribution in [1.29, 1.82) is 0 Å². The molecule has 4 atom stereocenters. The highest BCUT2D eigenvalue weighted by Gasteiger charge is 2.42. The highest BCUT2D eigenvalue weighted by atomic mass is 35.5. The number of hydrogen-bond donors (Lipinski definition) is 1. The van der Waals surface area contributed by atoms with E-state index in [1.165, 1.54) is 40.2 Å². The summed E-state index contributed by atoms with van der Waals surface area (Å²) < 4.78 is 2.39. The van der Waals surface area contributed by atoms with Gasteiger partial charge in [-0.2, -0.15) is 0 Å². The average Bonchev–Trinajstić information content (AvgIpc) is 3.43. The van der Waals surface area contributed by atoms with Crippen LogP contribution in [-0.2, 0) is 0 Å². The first-order chi connectivity index (χ1) is 20.1. The molecule has 218 valence electrons. The van der Waals surface area contributed by atoms with Gasteiger partial charge in [-0.25, -0.2) is 0 Å². The van der Waals surface area contributed by atoms with Crippen LogP contribution in [0.2, 0.25) is 5.02 Å². The number of aryl methyl sites for hydroxylation is 3. The van der Waals surface area contributed by atoms with Crippen molar-refractivity contribution in [3.8, 4) is 5.69 Å². The molecule has 2 aliphatic rings. The Labute approximate surface area is 260 Å². The largest absolute Gasteiger partial charge is 0.370 e. The van der Waals surface area contributed by atoms with Crippen LogP contribution in [0.15, 0.2) is 66.9 Å². The number of piperidine rings is 1. The molecule has 0 spiro atoms. The quantitative estimate of drug-likeness (QED) is 0.234. The van der Waals surface area contributed by atoms with Crippen molar-refractivity contribution >= 4 is 40.3 Å². The molecule has 2 aromatic heterocycles. The lowest BCUT2D eigenvalue weighted by Crippen LogP contribution is -2.38. The van der Waals surface area contributed by atoms with E-state index in [9.17, 15) is 0 Å². The van der Waals surface area contributed by atoms with Crippen molar-refractivity contribution in [3.63, 3.8) is 0 Å². The summed E-state index contributed by atoms with van der Waals surface area (Å²) in [6.45, 7) is 15.5. The van der Waals surface area contributed by atoms with Crippen LogP contribution in [0.1, 0.15) is 66.1 Å². The molecule has 0 bridgehead atoms. The van der Waals surface area contributed by atoms with Crippen LogP contribution >= 0.6 is 23.8 Å². The first kappa shape index (κ1) is 28.8. The molecule has 7 heteroatoms. The van der Waals surface area contributed by atoms with Gasteiger partial charge in [0.1, 0.15) is 0 Å². The van der Waals surface area contributed by atoms with E-state index in [0.29, 0.717) is 16.9 Å². The first-order valence-electron chi connectivity index (χ1n) is 14.9. The number of anilines is 2. The van der Waals surface area contributed by atoms with Crippen LogP contribution in [0.25, 0.3) is 5.69 Å². The predicted octanol–water partition coefficient (Wildman–Crippen LogP) is 8.42. The normalized spacial score (nSPS) is 22.5. The van der Waals surface area contributed by atoms with Crippen LogP contribution in [0.4, 0.5) is 11.4 Å². The number of thiocarbonyl (C=S) groups is 1. The van der Waals surface area contributed by atoms with Crippen LogP contribution in [0.3, 0.4) is 0 Å². The number of halogens is 1. The zero-order valence-corrected chi connectivity index (χ0v) is 26.9. The molecule has 1 N–H and O–H groups in total. The van der Waals surface area contributed by atoms with Crippen molar-refractivity contribution in [3.05, 3.63) is 106 Å². The van der Waals surface area contributed by atoms with Gasteiger partial charge in [-0.1, -0.05) is 49.7 Å². The Morgan fingerprint density at radius 2 is 1.62 bits per heavy atom. The Kier molecular flexibility index (Phi) is 7.79. The van der Waals surface area contributed by atoms with Gasteiger partial charge in [0.2, 0.25) is 0 Å². The minimum atomic E-state index is -0.118. The van der Waals surface area contributed by atoms with Gasteiger partial charge >= 0.3 is 0 Å². The van der Waals surface area contributed by atoms with Crippen LogP contribution < -0.4 is 15.1 Å². The van der Waals surface area contributed by atoms with Crippen LogP contribution in [-0.4, -0.2) is 27.8 Å². The zero-order valence-electron chi connectivity index (χ0n) is 25.4. The summed E-state index contributed by atoms with van der Waals surface area (Å²) in [4.78, 5) is 9.44.